The van der Waals surface area contributed by atoms with Gasteiger partial charge in [0.1, 0.15) is 12.3 Å². The third-order valence-corrected chi connectivity index (χ3v) is 7.85. The molecule has 13 heteroatoms. The van der Waals surface area contributed by atoms with E-state index in [1.165, 1.54) is 6.92 Å². The van der Waals surface area contributed by atoms with E-state index in [-0.39, 0.29) is 55.4 Å². The lowest BCUT2D eigenvalue weighted by Crippen LogP contribution is -2.54. The maximum Gasteiger partial charge on any atom is 0.312 e. The molecule has 3 rings (SSSR count). The van der Waals surface area contributed by atoms with E-state index in [2.05, 4.69) is 21.3 Å². The maximum atomic E-state index is 13.3. The highest BCUT2D eigenvalue weighted by Crippen LogP contribution is 2.47. The van der Waals surface area contributed by atoms with Crippen molar-refractivity contribution in [2.75, 3.05) is 13.1 Å². The van der Waals surface area contributed by atoms with Crippen LogP contribution in [0.3, 0.4) is 0 Å². The summed E-state index contributed by atoms with van der Waals surface area (Å²) in [6, 6.07) is 5.96. The van der Waals surface area contributed by atoms with Gasteiger partial charge in [0.05, 0.1) is 12.5 Å². The van der Waals surface area contributed by atoms with E-state index in [1.807, 2.05) is 44.2 Å². The van der Waals surface area contributed by atoms with Gasteiger partial charge in [-0.15, -0.1) is 0 Å². The molecule has 228 valence electrons. The molecule has 2 fully saturated rings. The SMILES string of the molecule is CC[C@H](C)[C@@H](CNC(=O)C(=O)N1CC(NC(=O)C2CC2c2ccccc2)C[C@H]1C(=O)N[C@H](C=O)CC(=O)O)NC(C)=O. The van der Waals surface area contributed by atoms with Crippen LogP contribution in [-0.4, -0.2) is 89.1 Å². The molecule has 5 N–H and O–H groups in total. The first-order valence-electron chi connectivity index (χ1n) is 14.1. The zero-order valence-corrected chi connectivity index (χ0v) is 24.0. The number of aldehydes is 1. The van der Waals surface area contributed by atoms with Crippen molar-refractivity contribution >= 4 is 41.8 Å². The van der Waals surface area contributed by atoms with E-state index in [0.29, 0.717) is 12.8 Å². The van der Waals surface area contributed by atoms with Crippen molar-refractivity contribution < 1.29 is 38.7 Å². The highest BCUT2D eigenvalue weighted by molar-refractivity contribution is 6.35. The quantitative estimate of drug-likeness (QED) is 0.154. The molecule has 3 unspecified atom stereocenters. The number of benzene rings is 1. The van der Waals surface area contributed by atoms with Gasteiger partial charge in [-0.25, -0.2) is 0 Å². The number of carboxylic acids is 1. The van der Waals surface area contributed by atoms with Gasteiger partial charge in [-0.1, -0.05) is 50.6 Å². The van der Waals surface area contributed by atoms with Gasteiger partial charge in [-0.05, 0) is 30.2 Å². The molecular formula is C29H39N5O8. The van der Waals surface area contributed by atoms with Gasteiger partial charge in [0.25, 0.3) is 0 Å². The summed E-state index contributed by atoms with van der Waals surface area (Å²) in [6.07, 6.45) is 0.982. The van der Waals surface area contributed by atoms with Crippen molar-refractivity contribution in [2.24, 2.45) is 11.8 Å². The summed E-state index contributed by atoms with van der Waals surface area (Å²) in [6.45, 7) is 5.02. The van der Waals surface area contributed by atoms with Crippen molar-refractivity contribution in [2.45, 2.75) is 76.5 Å². The topological polar surface area (TPSA) is 191 Å². The minimum atomic E-state index is -1.33. The Morgan fingerprint density at radius 2 is 1.74 bits per heavy atom. The van der Waals surface area contributed by atoms with Crippen molar-refractivity contribution in [3.63, 3.8) is 0 Å². The summed E-state index contributed by atoms with van der Waals surface area (Å²) in [4.78, 5) is 87.3. The predicted molar refractivity (Wildman–Crippen MR) is 150 cm³/mol. The maximum absolute atomic E-state index is 13.3. The van der Waals surface area contributed by atoms with Crippen molar-refractivity contribution in [3.8, 4) is 0 Å². The fourth-order valence-corrected chi connectivity index (χ4v) is 5.22. The second-order valence-electron chi connectivity index (χ2n) is 11.0. The third-order valence-electron chi connectivity index (χ3n) is 7.85. The molecule has 0 bridgehead atoms. The predicted octanol–water partition coefficient (Wildman–Crippen LogP) is -0.299. The summed E-state index contributed by atoms with van der Waals surface area (Å²) in [7, 11) is 0. The van der Waals surface area contributed by atoms with E-state index in [4.69, 9.17) is 5.11 Å². The first kappa shape index (κ1) is 32.2. The molecule has 2 aliphatic rings. The molecule has 1 aliphatic carbocycles. The molecule has 1 saturated heterocycles. The van der Waals surface area contributed by atoms with Crippen molar-refractivity contribution in [3.05, 3.63) is 35.9 Å². The van der Waals surface area contributed by atoms with Crippen LogP contribution >= 0.6 is 0 Å². The van der Waals surface area contributed by atoms with Crippen LogP contribution in [0.25, 0.3) is 0 Å². The zero-order chi connectivity index (χ0) is 31.0. The fraction of sp³-hybridized carbons (Fsp3) is 0.552. The van der Waals surface area contributed by atoms with Gasteiger partial charge < -0.3 is 36.1 Å². The largest absolute Gasteiger partial charge is 0.481 e. The molecule has 0 radical (unpaired) electrons. The number of carbonyl (C=O) groups is 7. The van der Waals surface area contributed by atoms with E-state index in [9.17, 15) is 33.6 Å². The smallest absolute Gasteiger partial charge is 0.312 e. The Labute approximate surface area is 244 Å². The van der Waals surface area contributed by atoms with E-state index >= 15 is 0 Å². The normalized spacial score (nSPS) is 23.1. The Morgan fingerprint density at radius 3 is 2.33 bits per heavy atom. The number of hydrogen-bond acceptors (Lipinski definition) is 7. The highest BCUT2D eigenvalue weighted by Gasteiger charge is 2.47. The van der Waals surface area contributed by atoms with E-state index in [0.717, 1.165) is 10.5 Å². The molecule has 5 amide bonds. The Bertz CT molecular complexity index is 1190. The summed E-state index contributed by atoms with van der Waals surface area (Å²) in [5, 5.41) is 19.5. The standard InChI is InChI=1S/C29H39N5O8/c1-4-16(2)23(31-17(3)36)13-30-28(41)29(42)34-14-19(10-24(34)27(40)33-20(15-35)11-25(37)38)32-26(39)22-12-21(22)18-8-6-5-7-9-18/h5-9,15-16,19-24H,4,10-14H2,1-3H3,(H,30,41)(H,31,36)(H,32,39)(H,33,40)(H,37,38)/t16-,19?,20-,21?,22?,23+,24-/m0/s1. The average Bonchev–Trinajstić information content (AvgIpc) is 3.66. The molecule has 13 nitrogen and oxygen atoms in total. The van der Waals surface area contributed by atoms with Gasteiger partial charge in [-0.3, -0.25) is 28.8 Å². The number of aliphatic carboxylic acids is 1. The van der Waals surface area contributed by atoms with E-state index < -0.39 is 54.3 Å². The first-order chi connectivity index (χ1) is 19.9. The number of hydrogen-bond donors (Lipinski definition) is 5. The summed E-state index contributed by atoms with van der Waals surface area (Å²) < 4.78 is 0. The number of carboxylic acid groups (broad SMARTS) is 1. The van der Waals surface area contributed by atoms with Gasteiger partial charge >= 0.3 is 17.8 Å². The summed E-state index contributed by atoms with van der Waals surface area (Å²) >= 11 is 0. The van der Waals surface area contributed by atoms with Crippen molar-refractivity contribution in [1.29, 1.82) is 0 Å². The molecule has 1 aromatic rings. The molecule has 7 atom stereocenters. The van der Waals surface area contributed by atoms with Crippen LogP contribution in [0.1, 0.15) is 57.9 Å². The zero-order valence-electron chi connectivity index (χ0n) is 24.0. The van der Waals surface area contributed by atoms with Crippen LogP contribution in [0.4, 0.5) is 0 Å². The average molecular weight is 586 g/mol. The number of nitrogens with zero attached hydrogens (tertiary/aromatic N) is 1. The Balaban J connectivity index is 1.70. The van der Waals surface area contributed by atoms with Gasteiger partial charge in [0.15, 0.2) is 0 Å². The molecular weight excluding hydrogens is 546 g/mol. The second kappa shape index (κ2) is 14.6. The lowest BCUT2D eigenvalue weighted by molar-refractivity contribution is -0.148. The van der Waals surface area contributed by atoms with Crippen LogP contribution in [0, 0.1) is 11.8 Å². The second-order valence-corrected chi connectivity index (χ2v) is 11.0. The van der Waals surface area contributed by atoms with E-state index in [1.54, 1.807) is 0 Å². The minimum Gasteiger partial charge on any atom is -0.481 e. The molecule has 1 aromatic carbocycles. The van der Waals surface area contributed by atoms with Crippen LogP contribution in [0.2, 0.25) is 0 Å². The lowest BCUT2D eigenvalue weighted by Gasteiger charge is -2.26. The van der Waals surface area contributed by atoms with Crippen molar-refractivity contribution in [1.82, 2.24) is 26.2 Å². The molecule has 1 aliphatic heterocycles. The highest BCUT2D eigenvalue weighted by atomic mass is 16.4. The number of carbonyl (C=O) groups excluding carboxylic acids is 6. The molecule has 1 saturated carbocycles. The van der Waals surface area contributed by atoms with Crippen LogP contribution in [-0.2, 0) is 33.6 Å². The number of amides is 5. The third kappa shape index (κ3) is 8.60. The van der Waals surface area contributed by atoms with Crippen LogP contribution in [0.15, 0.2) is 30.3 Å². The summed E-state index contributed by atoms with van der Waals surface area (Å²) in [5.41, 5.74) is 1.04. The van der Waals surface area contributed by atoms with Crippen LogP contribution in [0.5, 0.6) is 0 Å². The first-order valence-corrected chi connectivity index (χ1v) is 14.1. The Morgan fingerprint density at radius 1 is 1.05 bits per heavy atom. The lowest BCUT2D eigenvalue weighted by atomic mass is 9.99. The summed E-state index contributed by atoms with van der Waals surface area (Å²) in [5.74, 6) is -4.82. The molecule has 0 spiro atoms. The van der Waals surface area contributed by atoms with Crippen LogP contribution < -0.4 is 21.3 Å². The van der Waals surface area contributed by atoms with Gasteiger partial charge in [0, 0.05) is 38.0 Å². The fourth-order valence-electron chi connectivity index (χ4n) is 5.22. The van der Waals surface area contributed by atoms with Gasteiger partial charge in [0.2, 0.25) is 17.7 Å². The molecule has 1 heterocycles. The number of nitrogens with one attached hydrogen (secondary N) is 4. The number of likely N-dealkylation sites (tertiary alicyclic amines) is 1. The molecule has 42 heavy (non-hydrogen) atoms. The Hall–Kier alpha value is -4.29. The Kier molecular flexibility index (Phi) is 11.2. The molecule has 0 aromatic heterocycles. The number of rotatable bonds is 13. The van der Waals surface area contributed by atoms with Gasteiger partial charge in [-0.2, -0.15) is 0 Å². The monoisotopic (exact) mass is 585 g/mol. The minimum absolute atomic E-state index is 0.00542.